The number of aliphatic hydroxyl groups excluding tert-OH is 1. The van der Waals surface area contributed by atoms with Crippen LogP contribution in [0.5, 0.6) is 0 Å². The van der Waals surface area contributed by atoms with E-state index in [0.717, 1.165) is 22.3 Å². The second-order valence-corrected chi connectivity index (χ2v) is 3.91. The van der Waals surface area contributed by atoms with E-state index in [-0.39, 0.29) is 6.61 Å². The van der Waals surface area contributed by atoms with Gasteiger partial charge in [0.05, 0.1) is 30.3 Å². The summed E-state index contributed by atoms with van der Waals surface area (Å²) in [6.45, 7) is -0.00206. The number of aromatic nitrogens is 2. The van der Waals surface area contributed by atoms with Gasteiger partial charge in [-0.1, -0.05) is 36.4 Å². The molecule has 3 aromatic rings. The Morgan fingerprint density at radius 2 is 1.88 bits per heavy atom. The van der Waals surface area contributed by atoms with Crippen LogP contribution in [-0.2, 0) is 6.61 Å². The SMILES string of the molecule is OCc1c(-c2ccccc2)ccc2cncn12. The van der Waals surface area contributed by atoms with E-state index in [0.29, 0.717) is 0 Å². The number of hydrogen-bond acceptors (Lipinski definition) is 2. The molecule has 0 radical (unpaired) electrons. The van der Waals surface area contributed by atoms with Gasteiger partial charge < -0.3 is 9.51 Å². The van der Waals surface area contributed by atoms with Crippen LogP contribution in [0.15, 0.2) is 55.0 Å². The Kier molecular flexibility index (Phi) is 2.38. The summed E-state index contributed by atoms with van der Waals surface area (Å²) in [4.78, 5) is 4.10. The molecule has 2 aromatic heterocycles. The third-order valence-corrected chi connectivity index (χ3v) is 2.92. The van der Waals surface area contributed by atoms with Gasteiger partial charge in [0.2, 0.25) is 0 Å². The maximum atomic E-state index is 9.55. The topological polar surface area (TPSA) is 37.5 Å². The van der Waals surface area contributed by atoms with Crippen molar-refractivity contribution < 1.29 is 5.11 Å². The summed E-state index contributed by atoms with van der Waals surface area (Å²) >= 11 is 0. The van der Waals surface area contributed by atoms with Gasteiger partial charge in [-0.2, -0.15) is 0 Å². The van der Waals surface area contributed by atoms with E-state index in [9.17, 15) is 5.11 Å². The van der Waals surface area contributed by atoms with Gasteiger partial charge in [-0.25, -0.2) is 4.98 Å². The van der Waals surface area contributed by atoms with E-state index in [1.165, 1.54) is 0 Å². The molecule has 17 heavy (non-hydrogen) atoms. The lowest BCUT2D eigenvalue weighted by molar-refractivity contribution is 0.276. The zero-order valence-electron chi connectivity index (χ0n) is 9.24. The summed E-state index contributed by atoms with van der Waals surface area (Å²) in [5.74, 6) is 0. The Bertz CT molecular complexity index is 644. The summed E-state index contributed by atoms with van der Waals surface area (Å²) < 4.78 is 1.92. The highest BCUT2D eigenvalue weighted by Crippen LogP contribution is 2.24. The van der Waals surface area contributed by atoms with Crippen molar-refractivity contribution in [3.63, 3.8) is 0 Å². The molecule has 3 nitrogen and oxygen atoms in total. The standard InChI is InChI=1S/C14H12N2O/c17-9-14-13(11-4-2-1-3-5-11)7-6-12-8-15-10-16(12)14/h1-8,10,17H,9H2. The maximum absolute atomic E-state index is 9.55. The zero-order valence-corrected chi connectivity index (χ0v) is 9.24. The molecule has 84 valence electrons. The van der Waals surface area contributed by atoms with Crippen molar-refractivity contribution in [2.24, 2.45) is 0 Å². The van der Waals surface area contributed by atoms with Crippen molar-refractivity contribution in [3.05, 3.63) is 60.7 Å². The fraction of sp³-hybridized carbons (Fsp3) is 0.0714. The second kappa shape index (κ2) is 4.03. The van der Waals surface area contributed by atoms with Crippen molar-refractivity contribution in [2.75, 3.05) is 0 Å². The smallest absolute Gasteiger partial charge is 0.0995 e. The Morgan fingerprint density at radius 1 is 1.06 bits per heavy atom. The van der Waals surface area contributed by atoms with E-state index in [2.05, 4.69) is 4.98 Å². The Morgan fingerprint density at radius 3 is 2.65 bits per heavy atom. The van der Waals surface area contributed by atoms with Crippen LogP contribution in [-0.4, -0.2) is 14.5 Å². The summed E-state index contributed by atoms with van der Waals surface area (Å²) in [5.41, 5.74) is 4.01. The van der Waals surface area contributed by atoms with Gasteiger partial charge in [-0.15, -0.1) is 0 Å². The predicted octanol–water partition coefficient (Wildman–Crippen LogP) is 2.49. The third kappa shape index (κ3) is 1.61. The van der Waals surface area contributed by atoms with Crippen LogP contribution in [0.3, 0.4) is 0 Å². The number of benzene rings is 1. The number of hydrogen-bond donors (Lipinski definition) is 1. The Hall–Kier alpha value is -2.13. The van der Waals surface area contributed by atoms with Crippen LogP contribution in [0.4, 0.5) is 0 Å². The normalized spacial score (nSPS) is 10.9. The van der Waals surface area contributed by atoms with E-state index < -0.39 is 0 Å². The van der Waals surface area contributed by atoms with Crippen LogP contribution in [0.1, 0.15) is 5.69 Å². The summed E-state index contributed by atoms with van der Waals surface area (Å²) in [6.07, 6.45) is 3.52. The average molecular weight is 224 g/mol. The Balaban J connectivity index is 2.29. The van der Waals surface area contributed by atoms with Crippen molar-refractivity contribution in [2.45, 2.75) is 6.61 Å². The predicted molar refractivity (Wildman–Crippen MR) is 66.6 cm³/mol. The molecule has 0 atom stereocenters. The molecular formula is C14H12N2O. The maximum Gasteiger partial charge on any atom is 0.0995 e. The lowest BCUT2D eigenvalue weighted by atomic mass is 10.0. The third-order valence-electron chi connectivity index (χ3n) is 2.92. The molecule has 0 aliphatic heterocycles. The minimum absolute atomic E-state index is 0.00206. The number of pyridine rings is 1. The van der Waals surface area contributed by atoms with Gasteiger partial charge in [0.25, 0.3) is 0 Å². The first kappa shape index (κ1) is 10.1. The monoisotopic (exact) mass is 224 g/mol. The van der Waals surface area contributed by atoms with E-state index >= 15 is 0 Å². The molecule has 0 amide bonds. The van der Waals surface area contributed by atoms with Crippen molar-refractivity contribution in [1.82, 2.24) is 9.38 Å². The second-order valence-electron chi connectivity index (χ2n) is 3.91. The first-order valence-corrected chi connectivity index (χ1v) is 5.50. The number of rotatable bonds is 2. The number of nitrogens with zero attached hydrogens (tertiary/aromatic N) is 2. The lowest BCUT2D eigenvalue weighted by Gasteiger charge is -2.10. The highest BCUT2D eigenvalue weighted by molar-refractivity contribution is 5.68. The molecule has 0 fully saturated rings. The summed E-state index contributed by atoms with van der Waals surface area (Å²) in [5, 5.41) is 9.55. The van der Waals surface area contributed by atoms with Crippen LogP contribution in [0.2, 0.25) is 0 Å². The summed E-state index contributed by atoms with van der Waals surface area (Å²) in [6, 6.07) is 14.1. The van der Waals surface area contributed by atoms with Crippen LogP contribution in [0, 0.1) is 0 Å². The molecule has 3 heteroatoms. The molecule has 3 rings (SSSR count). The van der Waals surface area contributed by atoms with Crippen LogP contribution in [0.25, 0.3) is 16.6 Å². The number of aliphatic hydroxyl groups is 1. The van der Waals surface area contributed by atoms with Crippen molar-refractivity contribution in [3.8, 4) is 11.1 Å². The van der Waals surface area contributed by atoms with E-state index in [4.69, 9.17) is 0 Å². The van der Waals surface area contributed by atoms with Gasteiger partial charge in [0.15, 0.2) is 0 Å². The molecule has 2 heterocycles. The molecule has 1 aromatic carbocycles. The summed E-state index contributed by atoms with van der Waals surface area (Å²) in [7, 11) is 0. The van der Waals surface area contributed by atoms with E-state index in [1.54, 1.807) is 12.5 Å². The van der Waals surface area contributed by atoms with Crippen LogP contribution < -0.4 is 0 Å². The minimum atomic E-state index is -0.00206. The largest absolute Gasteiger partial charge is 0.390 e. The highest BCUT2D eigenvalue weighted by atomic mass is 16.3. The fourth-order valence-electron chi connectivity index (χ4n) is 2.09. The molecular weight excluding hydrogens is 212 g/mol. The highest BCUT2D eigenvalue weighted by Gasteiger charge is 2.08. The number of imidazole rings is 1. The first-order chi connectivity index (χ1) is 8.40. The molecule has 0 saturated carbocycles. The Labute approximate surface area is 99.0 Å². The van der Waals surface area contributed by atoms with E-state index in [1.807, 2.05) is 46.9 Å². The van der Waals surface area contributed by atoms with Gasteiger partial charge >= 0.3 is 0 Å². The molecule has 0 bridgehead atoms. The first-order valence-electron chi connectivity index (χ1n) is 5.50. The van der Waals surface area contributed by atoms with Crippen molar-refractivity contribution in [1.29, 1.82) is 0 Å². The molecule has 0 spiro atoms. The molecule has 0 saturated heterocycles. The van der Waals surface area contributed by atoms with Gasteiger partial charge in [-0.3, -0.25) is 0 Å². The average Bonchev–Trinajstić information content (AvgIpc) is 2.86. The van der Waals surface area contributed by atoms with Gasteiger partial charge in [0.1, 0.15) is 0 Å². The van der Waals surface area contributed by atoms with Crippen LogP contribution >= 0.6 is 0 Å². The van der Waals surface area contributed by atoms with Gasteiger partial charge in [-0.05, 0) is 11.6 Å². The molecule has 0 aliphatic rings. The molecule has 0 unspecified atom stereocenters. The van der Waals surface area contributed by atoms with Crippen molar-refractivity contribution >= 4 is 5.52 Å². The fourth-order valence-corrected chi connectivity index (χ4v) is 2.09. The van der Waals surface area contributed by atoms with Gasteiger partial charge in [0, 0.05) is 5.56 Å². The number of fused-ring (bicyclic) bond motifs is 1. The zero-order chi connectivity index (χ0) is 11.7. The quantitative estimate of drug-likeness (QED) is 0.726. The minimum Gasteiger partial charge on any atom is -0.390 e. The lowest BCUT2D eigenvalue weighted by Crippen LogP contribution is -1.98. The molecule has 0 aliphatic carbocycles. The molecule has 1 N–H and O–H groups in total.